The van der Waals surface area contributed by atoms with E-state index in [1.54, 1.807) is 0 Å². The van der Waals surface area contributed by atoms with E-state index in [2.05, 4.69) is 49.9 Å². The van der Waals surface area contributed by atoms with E-state index in [4.69, 9.17) is 9.73 Å². The third-order valence-corrected chi connectivity index (χ3v) is 4.54. The molecule has 23 heavy (non-hydrogen) atoms. The van der Waals surface area contributed by atoms with Crippen LogP contribution in [0.4, 0.5) is 0 Å². The lowest BCUT2D eigenvalue weighted by atomic mass is 10.1. The first-order valence-corrected chi connectivity index (χ1v) is 8.97. The van der Waals surface area contributed by atoms with Crippen LogP contribution in [0.25, 0.3) is 0 Å². The number of likely N-dealkylation sites (tertiary alicyclic amines) is 1. The SMILES string of the molecule is CCNC(=NCCN(C)C(C)CC)N1CCC(OCC)CC1.I. The molecule has 1 aliphatic rings. The Labute approximate surface area is 160 Å². The van der Waals surface area contributed by atoms with Gasteiger partial charge in [0.2, 0.25) is 0 Å². The molecule has 6 heteroatoms. The van der Waals surface area contributed by atoms with Gasteiger partial charge in [0.15, 0.2) is 5.96 Å². The molecule has 1 fully saturated rings. The van der Waals surface area contributed by atoms with Crippen LogP contribution in [0, 0.1) is 0 Å². The summed E-state index contributed by atoms with van der Waals surface area (Å²) in [7, 11) is 2.18. The van der Waals surface area contributed by atoms with E-state index >= 15 is 0 Å². The minimum absolute atomic E-state index is 0. The minimum atomic E-state index is 0. The van der Waals surface area contributed by atoms with Gasteiger partial charge >= 0.3 is 0 Å². The highest BCUT2D eigenvalue weighted by Crippen LogP contribution is 2.13. The number of ether oxygens (including phenoxy) is 1. The fourth-order valence-electron chi connectivity index (χ4n) is 2.74. The third kappa shape index (κ3) is 8.54. The maximum Gasteiger partial charge on any atom is 0.193 e. The summed E-state index contributed by atoms with van der Waals surface area (Å²) in [6.07, 6.45) is 3.82. The van der Waals surface area contributed by atoms with Crippen LogP contribution < -0.4 is 5.32 Å². The number of hydrogen-bond donors (Lipinski definition) is 1. The second-order valence-electron chi connectivity index (χ2n) is 6.12. The average molecular weight is 440 g/mol. The van der Waals surface area contributed by atoms with E-state index in [1.165, 1.54) is 6.42 Å². The van der Waals surface area contributed by atoms with Crippen LogP contribution in [0.3, 0.4) is 0 Å². The fraction of sp³-hybridized carbons (Fsp3) is 0.941. The molecule has 0 saturated carbocycles. The van der Waals surface area contributed by atoms with Crippen molar-refractivity contribution in [2.45, 2.75) is 59.1 Å². The lowest BCUT2D eigenvalue weighted by Crippen LogP contribution is -2.47. The average Bonchev–Trinajstić information content (AvgIpc) is 2.54. The minimum Gasteiger partial charge on any atom is -0.378 e. The van der Waals surface area contributed by atoms with Gasteiger partial charge in [-0.3, -0.25) is 4.99 Å². The van der Waals surface area contributed by atoms with Gasteiger partial charge in [0.05, 0.1) is 12.6 Å². The maximum atomic E-state index is 5.73. The van der Waals surface area contributed by atoms with Crippen molar-refractivity contribution in [3.05, 3.63) is 0 Å². The Morgan fingerprint density at radius 3 is 2.48 bits per heavy atom. The largest absolute Gasteiger partial charge is 0.378 e. The Kier molecular flexibility index (Phi) is 13.2. The van der Waals surface area contributed by atoms with Crippen molar-refractivity contribution in [1.29, 1.82) is 0 Å². The van der Waals surface area contributed by atoms with Crippen LogP contribution in [0.15, 0.2) is 4.99 Å². The maximum absolute atomic E-state index is 5.73. The van der Waals surface area contributed by atoms with E-state index in [0.29, 0.717) is 12.1 Å². The Morgan fingerprint density at radius 1 is 1.30 bits per heavy atom. The molecule has 0 aromatic heterocycles. The molecule has 0 amide bonds. The van der Waals surface area contributed by atoms with E-state index in [0.717, 1.165) is 58.1 Å². The molecule has 1 saturated heterocycles. The Hall–Kier alpha value is -0.0800. The molecule has 0 aromatic carbocycles. The number of nitrogens with zero attached hydrogens (tertiary/aromatic N) is 3. The van der Waals surface area contributed by atoms with Crippen LogP contribution in [0.5, 0.6) is 0 Å². The van der Waals surface area contributed by atoms with Crippen LogP contribution in [-0.4, -0.2) is 74.3 Å². The van der Waals surface area contributed by atoms with Crippen molar-refractivity contribution in [2.24, 2.45) is 4.99 Å². The normalized spacial score (nSPS) is 18.0. The molecule has 1 aliphatic heterocycles. The van der Waals surface area contributed by atoms with Crippen molar-refractivity contribution in [2.75, 3.05) is 46.4 Å². The molecule has 1 rings (SSSR count). The molecular formula is C17H37IN4O. The second-order valence-corrected chi connectivity index (χ2v) is 6.12. The molecule has 1 atom stereocenters. The summed E-state index contributed by atoms with van der Waals surface area (Å²) in [4.78, 5) is 9.57. The van der Waals surface area contributed by atoms with Crippen molar-refractivity contribution in [1.82, 2.24) is 15.1 Å². The first-order chi connectivity index (χ1) is 10.6. The highest BCUT2D eigenvalue weighted by molar-refractivity contribution is 14.0. The second kappa shape index (κ2) is 13.2. The number of halogens is 1. The van der Waals surface area contributed by atoms with Gasteiger partial charge < -0.3 is 19.9 Å². The van der Waals surface area contributed by atoms with E-state index < -0.39 is 0 Å². The van der Waals surface area contributed by atoms with Gasteiger partial charge in [0.1, 0.15) is 0 Å². The summed E-state index contributed by atoms with van der Waals surface area (Å²) in [5, 5.41) is 3.43. The van der Waals surface area contributed by atoms with Crippen molar-refractivity contribution < 1.29 is 4.74 Å². The standard InChI is InChI=1S/C17H36N4O.HI/c1-6-15(4)20(5)14-11-19-17(18-7-2)21-12-9-16(10-13-21)22-8-3;/h15-16H,6-14H2,1-5H3,(H,18,19);1H. The summed E-state index contributed by atoms with van der Waals surface area (Å²) >= 11 is 0. The number of likely N-dealkylation sites (N-methyl/N-ethyl adjacent to an activating group) is 1. The molecule has 1 N–H and O–H groups in total. The summed E-state index contributed by atoms with van der Waals surface area (Å²) in [5.41, 5.74) is 0. The summed E-state index contributed by atoms with van der Waals surface area (Å²) in [5.74, 6) is 1.06. The lowest BCUT2D eigenvalue weighted by molar-refractivity contribution is 0.0263. The van der Waals surface area contributed by atoms with Crippen molar-refractivity contribution in [3.8, 4) is 0 Å². The molecule has 0 aliphatic carbocycles. The topological polar surface area (TPSA) is 40.1 Å². The number of guanidine groups is 1. The number of nitrogens with one attached hydrogen (secondary N) is 1. The summed E-state index contributed by atoms with van der Waals surface area (Å²) < 4.78 is 5.73. The van der Waals surface area contributed by atoms with E-state index in [9.17, 15) is 0 Å². The first-order valence-electron chi connectivity index (χ1n) is 8.97. The van der Waals surface area contributed by atoms with E-state index in [1.807, 2.05) is 0 Å². The monoisotopic (exact) mass is 440 g/mol. The van der Waals surface area contributed by atoms with Gasteiger partial charge in [-0.25, -0.2) is 0 Å². The molecule has 1 heterocycles. The first kappa shape index (κ1) is 22.9. The Morgan fingerprint density at radius 2 is 1.96 bits per heavy atom. The molecule has 0 radical (unpaired) electrons. The molecular weight excluding hydrogens is 403 g/mol. The van der Waals surface area contributed by atoms with E-state index in [-0.39, 0.29) is 24.0 Å². The highest BCUT2D eigenvalue weighted by atomic mass is 127. The molecule has 1 unspecified atom stereocenters. The van der Waals surface area contributed by atoms with Gasteiger partial charge in [0.25, 0.3) is 0 Å². The summed E-state index contributed by atoms with van der Waals surface area (Å²) in [6.45, 7) is 14.4. The van der Waals surface area contributed by atoms with Crippen LogP contribution in [0.1, 0.15) is 47.0 Å². The highest BCUT2D eigenvalue weighted by Gasteiger charge is 2.21. The van der Waals surface area contributed by atoms with Gasteiger partial charge in [-0.1, -0.05) is 6.92 Å². The van der Waals surface area contributed by atoms with Gasteiger partial charge in [-0.2, -0.15) is 0 Å². The predicted molar refractivity (Wildman–Crippen MR) is 110 cm³/mol. The van der Waals surface area contributed by atoms with Crippen LogP contribution in [-0.2, 0) is 4.74 Å². The van der Waals surface area contributed by atoms with Gasteiger partial charge in [-0.15, -0.1) is 24.0 Å². The van der Waals surface area contributed by atoms with Crippen LogP contribution in [0.2, 0.25) is 0 Å². The molecule has 0 spiro atoms. The predicted octanol–water partition coefficient (Wildman–Crippen LogP) is 2.80. The smallest absolute Gasteiger partial charge is 0.193 e. The number of aliphatic imine (C=N–C) groups is 1. The zero-order valence-corrected chi connectivity index (χ0v) is 18.0. The van der Waals surface area contributed by atoms with Crippen LogP contribution >= 0.6 is 24.0 Å². The van der Waals surface area contributed by atoms with Gasteiger partial charge in [-0.05, 0) is 47.1 Å². The van der Waals surface area contributed by atoms with Crippen molar-refractivity contribution >= 4 is 29.9 Å². The molecule has 0 aromatic rings. The number of piperidine rings is 1. The quantitative estimate of drug-likeness (QED) is 0.358. The molecule has 0 bridgehead atoms. The summed E-state index contributed by atoms with van der Waals surface area (Å²) in [6, 6.07) is 0.625. The zero-order chi connectivity index (χ0) is 16.4. The zero-order valence-electron chi connectivity index (χ0n) is 15.7. The van der Waals surface area contributed by atoms with Gasteiger partial charge in [0, 0.05) is 38.8 Å². The molecule has 5 nitrogen and oxygen atoms in total. The third-order valence-electron chi connectivity index (χ3n) is 4.54. The Bertz CT molecular complexity index is 320. The number of rotatable bonds is 8. The lowest BCUT2D eigenvalue weighted by Gasteiger charge is -2.34. The number of hydrogen-bond acceptors (Lipinski definition) is 3. The van der Waals surface area contributed by atoms with Crippen molar-refractivity contribution in [3.63, 3.8) is 0 Å². The Balaban J connectivity index is 0.00000484. The molecule has 138 valence electrons. The fourth-order valence-corrected chi connectivity index (χ4v) is 2.74.